The van der Waals surface area contributed by atoms with E-state index in [-0.39, 0.29) is 38.3 Å². The van der Waals surface area contributed by atoms with E-state index in [2.05, 4.69) is 5.32 Å². The third kappa shape index (κ3) is 6.99. The van der Waals surface area contributed by atoms with E-state index >= 15 is 0 Å². The molecule has 0 aliphatic carbocycles. The monoisotopic (exact) mass is 443 g/mol. The van der Waals surface area contributed by atoms with Crippen molar-refractivity contribution in [2.75, 3.05) is 13.1 Å². The molecule has 0 bridgehead atoms. The van der Waals surface area contributed by atoms with Gasteiger partial charge in [0, 0.05) is 25.9 Å². The average Bonchev–Trinajstić information content (AvgIpc) is 2.68. The topological polar surface area (TPSA) is 150 Å². The van der Waals surface area contributed by atoms with Gasteiger partial charge in [-0.05, 0) is 24.5 Å². The molecule has 1 aliphatic heterocycles. The van der Waals surface area contributed by atoms with Gasteiger partial charge in [0.1, 0.15) is 28.8 Å². The lowest BCUT2D eigenvalue weighted by molar-refractivity contribution is -0.146. The first-order chi connectivity index (χ1) is 14.5. The van der Waals surface area contributed by atoms with Gasteiger partial charge >= 0.3 is 0 Å². The summed E-state index contributed by atoms with van der Waals surface area (Å²) < 4.78 is 27.6. The van der Waals surface area contributed by atoms with Crippen LogP contribution in [0, 0.1) is 17.6 Å². The lowest BCUT2D eigenvalue weighted by Gasteiger charge is -2.37. The summed E-state index contributed by atoms with van der Waals surface area (Å²) in [6.07, 6.45) is 0.0654. The van der Waals surface area contributed by atoms with Crippen LogP contribution in [0.25, 0.3) is 0 Å². The van der Waals surface area contributed by atoms with Gasteiger partial charge in [-0.25, -0.2) is 8.78 Å². The van der Waals surface area contributed by atoms with E-state index in [1.54, 1.807) is 0 Å². The number of carbonyl (C=O) groups excluding carboxylic acids is 3. The van der Waals surface area contributed by atoms with Crippen LogP contribution in [0.5, 0.6) is 0 Å². The Balaban J connectivity index is 0.00000151. The maximum Gasteiger partial charge on any atom is 0.290 e. The van der Waals surface area contributed by atoms with E-state index in [1.807, 2.05) is 13.8 Å². The summed E-state index contributed by atoms with van der Waals surface area (Å²) in [5, 5.41) is 20.0. The third-order valence-corrected chi connectivity index (χ3v) is 4.83. The van der Waals surface area contributed by atoms with Crippen molar-refractivity contribution >= 4 is 24.2 Å². The number of nitrogens with zero attached hydrogens (tertiary/aromatic N) is 1. The van der Waals surface area contributed by atoms with Gasteiger partial charge in [-0.15, -0.1) is 0 Å². The van der Waals surface area contributed by atoms with Crippen LogP contribution in [0.2, 0.25) is 0 Å². The zero-order valence-electron chi connectivity index (χ0n) is 17.3. The molecule has 0 aromatic heterocycles. The van der Waals surface area contributed by atoms with Gasteiger partial charge < -0.3 is 26.2 Å². The number of aliphatic hydroxyl groups is 1. The van der Waals surface area contributed by atoms with Crippen LogP contribution in [-0.4, -0.2) is 64.0 Å². The molecule has 1 heterocycles. The van der Waals surface area contributed by atoms with Crippen molar-refractivity contribution in [3.63, 3.8) is 0 Å². The number of rotatable bonds is 6. The number of carbonyl (C=O) groups is 4. The van der Waals surface area contributed by atoms with Crippen molar-refractivity contribution in [1.82, 2.24) is 10.2 Å². The quantitative estimate of drug-likeness (QED) is 0.474. The predicted molar refractivity (Wildman–Crippen MR) is 106 cm³/mol. The summed E-state index contributed by atoms with van der Waals surface area (Å²) in [6.45, 7) is 3.34. The van der Waals surface area contributed by atoms with Crippen molar-refractivity contribution < 1.29 is 38.2 Å². The van der Waals surface area contributed by atoms with Crippen LogP contribution in [0.4, 0.5) is 8.78 Å². The number of piperidine rings is 1. The van der Waals surface area contributed by atoms with Crippen LogP contribution in [0.3, 0.4) is 0 Å². The van der Waals surface area contributed by atoms with Gasteiger partial charge in [-0.2, -0.15) is 0 Å². The van der Waals surface area contributed by atoms with E-state index in [9.17, 15) is 28.3 Å². The zero-order valence-corrected chi connectivity index (χ0v) is 17.3. The Hall–Kier alpha value is -3.08. The molecule has 1 fully saturated rings. The molecular formula is C20H27F2N3O6. The van der Waals surface area contributed by atoms with Crippen LogP contribution < -0.4 is 11.1 Å². The maximum atomic E-state index is 13.8. The number of nitrogens with two attached hydrogens (primary N) is 1. The SMILES string of the molecule is CC(C)C[C@H](NC(=O)C1(O)CCN(C(=O)c2c(F)cccc2F)CC1)C(N)=O.O=CO. The van der Waals surface area contributed by atoms with Crippen LogP contribution in [-0.2, 0) is 14.4 Å². The van der Waals surface area contributed by atoms with Gasteiger partial charge in [0.05, 0.1) is 0 Å². The molecule has 1 atom stereocenters. The van der Waals surface area contributed by atoms with E-state index in [0.29, 0.717) is 6.42 Å². The largest absolute Gasteiger partial charge is 0.483 e. The summed E-state index contributed by atoms with van der Waals surface area (Å²) in [4.78, 5) is 46.0. The molecular weight excluding hydrogens is 416 g/mol. The highest BCUT2D eigenvalue weighted by Gasteiger charge is 2.42. The maximum absolute atomic E-state index is 13.8. The molecule has 172 valence electrons. The summed E-state index contributed by atoms with van der Waals surface area (Å²) in [5.74, 6) is -4.13. The zero-order chi connectivity index (χ0) is 23.8. The molecule has 0 unspecified atom stereocenters. The van der Waals surface area contributed by atoms with Gasteiger partial charge in [-0.1, -0.05) is 19.9 Å². The minimum Gasteiger partial charge on any atom is -0.483 e. The third-order valence-electron chi connectivity index (χ3n) is 4.83. The number of amides is 3. The number of hydrogen-bond acceptors (Lipinski definition) is 5. The van der Waals surface area contributed by atoms with Crippen LogP contribution in [0.1, 0.15) is 43.5 Å². The Kier molecular flexibility index (Phi) is 9.50. The fourth-order valence-corrected chi connectivity index (χ4v) is 3.18. The number of hydrogen-bond donors (Lipinski definition) is 4. The molecule has 1 aliphatic rings. The molecule has 31 heavy (non-hydrogen) atoms. The second-order valence-electron chi connectivity index (χ2n) is 7.58. The van der Waals surface area contributed by atoms with E-state index in [4.69, 9.17) is 15.6 Å². The molecule has 5 N–H and O–H groups in total. The Bertz CT molecular complexity index is 790. The summed E-state index contributed by atoms with van der Waals surface area (Å²) in [5.41, 5.74) is 2.84. The van der Waals surface area contributed by atoms with Crippen molar-refractivity contribution in [2.45, 2.75) is 44.8 Å². The first-order valence-electron chi connectivity index (χ1n) is 9.60. The Morgan fingerprint density at radius 2 is 1.71 bits per heavy atom. The normalized spacial score (nSPS) is 16.0. The Labute approximate surface area is 178 Å². The molecule has 1 aromatic carbocycles. The van der Waals surface area contributed by atoms with Crippen molar-refractivity contribution in [3.8, 4) is 0 Å². The second kappa shape index (κ2) is 11.3. The first-order valence-corrected chi connectivity index (χ1v) is 9.60. The van der Waals surface area contributed by atoms with Crippen LogP contribution in [0.15, 0.2) is 18.2 Å². The molecule has 1 aromatic rings. The second-order valence-corrected chi connectivity index (χ2v) is 7.58. The van der Waals surface area contributed by atoms with E-state index in [0.717, 1.165) is 18.2 Å². The molecule has 1 saturated heterocycles. The van der Waals surface area contributed by atoms with Gasteiger partial charge in [0.25, 0.3) is 18.3 Å². The lowest BCUT2D eigenvalue weighted by atomic mass is 9.89. The average molecular weight is 443 g/mol. The van der Waals surface area contributed by atoms with Crippen molar-refractivity contribution in [3.05, 3.63) is 35.4 Å². The molecule has 3 amide bonds. The molecule has 9 nitrogen and oxygen atoms in total. The summed E-state index contributed by atoms with van der Waals surface area (Å²) in [7, 11) is 0. The van der Waals surface area contributed by atoms with E-state index in [1.165, 1.54) is 4.90 Å². The first kappa shape index (κ1) is 26.0. The number of benzene rings is 1. The smallest absolute Gasteiger partial charge is 0.290 e. The van der Waals surface area contributed by atoms with Gasteiger partial charge in [-0.3, -0.25) is 19.2 Å². The predicted octanol–water partition coefficient (Wildman–Crippen LogP) is 0.649. The van der Waals surface area contributed by atoms with E-state index < -0.39 is 46.6 Å². The molecule has 0 radical (unpaired) electrons. The number of halogens is 2. The van der Waals surface area contributed by atoms with Gasteiger partial charge in [0.2, 0.25) is 5.91 Å². The minimum atomic E-state index is -1.80. The highest BCUT2D eigenvalue weighted by molar-refractivity contribution is 5.95. The highest BCUT2D eigenvalue weighted by atomic mass is 19.1. The fraction of sp³-hybridized carbons (Fsp3) is 0.500. The van der Waals surface area contributed by atoms with Crippen molar-refractivity contribution in [2.24, 2.45) is 11.7 Å². The Morgan fingerprint density at radius 1 is 1.23 bits per heavy atom. The van der Waals surface area contributed by atoms with Crippen molar-refractivity contribution in [1.29, 1.82) is 0 Å². The summed E-state index contributed by atoms with van der Waals surface area (Å²) in [6, 6.07) is 2.22. The highest BCUT2D eigenvalue weighted by Crippen LogP contribution is 2.25. The number of likely N-dealkylation sites (tertiary alicyclic amines) is 1. The minimum absolute atomic E-state index is 0.0675. The fourth-order valence-electron chi connectivity index (χ4n) is 3.18. The number of primary amides is 1. The molecule has 11 heteroatoms. The number of nitrogens with one attached hydrogen (secondary N) is 1. The molecule has 0 spiro atoms. The van der Waals surface area contributed by atoms with Gasteiger partial charge in [0.15, 0.2) is 0 Å². The molecule has 2 rings (SSSR count). The standard InChI is InChI=1S/C19H25F2N3O4.CH2O2/c1-11(2)10-14(16(22)25)23-18(27)19(28)6-8-24(9-7-19)17(26)15-12(20)4-3-5-13(15)21;2-1-3/h3-5,11,14,28H,6-10H2,1-2H3,(H2,22,25)(H,23,27);1H,(H,2,3)/t14-;/m0./s1. The summed E-state index contributed by atoms with van der Waals surface area (Å²) >= 11 is 0. The molecule has 0 saturated carbocycles. The Morgan fingerprint density at radius 3 is 2.13 bits per heavy atom. The van der Waals surface area contributed by atoms with Crippen LogP contribution >= 0.6 is 0 Å². The lowest BCUT2D eigenvalue weighted by Crippen LogP contribution is -2.58. The number of carboxylic acid groups (broad SMARTS) is 1.